The molecule has 6 heteroatoms. The van der Waals surface area contributed by atoms with Gasteiger partial charge in [0.25, 0.3) is 0 Å². The monoisotopic (exact) mass is 284 g/mol. The first-order valence-electron chi connectivity index (χ1n) is 6.88. The number of carbonyl (C=O) groups excluding carboxylic acids is 1. The Kier molecular flexibility index (Phi) is 3.26. The van der Waals surface area contributed by atoms with Crippen LogP contribution in [0, 0.1) is 22.7 Å². The highest BCUT2D eigenvalue weighted by Crippen LogP contribution is 2.35. The molecule has 1 aromatic carbocycles. The normalized spacial score (nSPS) is 21.1. The maximum Gasteiger partial charge on any atom is 0.323 e. The highest BCUT2D eigenvalue weighted by molar-refractivity contribution is 6.06. The van der Waals surface area contributed by atoms with Gasteiger partial charge in [-0.2, -0.15) is 5.26 Å². The number of urea groups is 1. The van der Waals surface area contributed by atoms with Crippen LogP contribution in [0.1, 0.15) is 30.0 Å². The summed E-state index contributed by atoms with van der Waals surface area (Å²) >= 11 is 0. The maximum absolute atomic E-state index is 12.0. The van der Waals surface area contributed by atoms with Gasteiger partial charge in [0.15, 0.2) is 0 Å². The lowest BCUT2D eigenvalue weighted by atomic mass is 10.0. The van der Waals surface area contributed by atoms with Crippen molar-refractivity contribution >= 4 is 11.9 Å². The van der Waals surface area contributed by atoms with Crippen molar-refractivity contribution in [3.05, 3.63) is 29.3 Å². The topological polar surface area (TPSA) is 89.2 Å². The summed E-state index contributed by atoms with van der Waals surface area (Å²) in [5, 5.41) is 19.8. The van der Waals surface area contributed by atoms with Crippen LogP contribution in [0.2, 0.25) is 0 Å². The summed E-state index contributed by atoms with van der Waals surface area (Å²) < 4.78 is 5.13. The average Bonchev–Trinajstić information content (AvgIpc) is 3.25. The number of nitrogens with zero attached hydrogens (tertiary/aromatic N) is 2. The van der Waals surface area contributed by atoms with Gasteiger partial charge in [-0.1, -0.05) is 6.07 Å². The molecule has 1 heterocycles. The fourth-order valence-electron chi connectivity index (χ4n) is 2.63. The Labute approximate surface area is 122 Å². The molecule has 21 heavy (non-hydrogen) atoms. The third kappa shape index (κ3) is 2.42. The molecule has 0 aromatic heterocycles. The first-order valence-corrected chi connectivity index (χ1v) is 6.88. The van der Waals surface area contributed by atoms with Crippen molar-refractivity contribution in [3.63, 3.8) is 0 Å². The molecule has 1 aromatic rings. The van der Waals surface area contributed by atoms with E-state index in [1.807, 2.05) is 0 Å². The number of nitrogens with one attached hydrogen (secondary N) is 2. The van der Waals surface area contributed by atoms with E-state index in [4.69, 9.17) is 10.1 Å². The van der Waals surface area contributed by atoms with Crippen molar-refractivity contribution in [2.45, 2.75) is 18.9 Å². The quantitative estimate of drug-likeness (QED) is 0.886. The van der Waals surface area contributed by atoms with Gasteiger partial charge in [-0.05, 0) is 36.5 Å². The van der Waals surface area contributed by atoms with Gasteiger partial charge in [0.05, 0.1) is 12.7 Å². The van der Waals surface area contributed by atoms with Gasteiger partial charge in [0.2, 0.25) is 0 Å². The zero-order chi connectivity index (χ0) is 15.0. The van der Waals surface area contributed by atoms with Crippen molar-refractivity contribution in [3.8, 4) is 11.8 Å². The van der Waals surface area contributed by atoms with Crippen LogP contribution in [0.4, 0.5) is 4.79 Å². The fraction of sp³-hybridized carbons (Fsp3) is 0.400. The van der Waals surface area contributed by atoms with Crippen LogP contribution >= 0.6 is 0 Å². The van der Waals surface area contributed by atoms with Gasteiger partial charge in [-0.3, -0.25) is 10.7 Å². The van der Waals surface area contributed by atoms with Gasteiger partial charge in [-0.25, -0.2) is 4.79 Å². The Hall–Kier alpha value is -2.55. The van der Waals surface area contributed by atoms with E-state index < -0.39 is 6.04 Å². The molecule has 2 amide bonds. The lowest BCUT2D eigenvalue weighted by Crippen LogP contribution is -2.31. The molecule has 1 saturated heterocycles. The first kappa shape index (κ1) is 13.4. The zero-order valence-electron chi connectivity index (χ0n) is 11.7. The molecule has 108 valence electrons. The second-order valence-electron chi connectivity index (χ2n) is 5.41. The molecule has 1 atom stereocenters. The van der Waals surface area contributed by atoms with Crippen molar-refractivity contribution in [1.82, 2.24) is 10.2 Å². The minimum Gasteiger partial charge on any atom is -0.495 e. The van der Waals surface area contributed by atoms with E-state index >= 15 is 0 Å². The lowest BCUT2D eigenvalue weighted by molar-refractivity contribution is 0.203. The first-order chi connectivity index (χ1) is 10.1. The van der Waals surface area contributed by atoms with E-state index in [2.05, 4.69) is 11.4 Å². The maximum atomic E-state index is 12.0. The molecule has 3 rings (SSSR count). The van der Waals surface area contributed by atoms with Crippen molar-refractivity contribution in [2.24, 2.45) is 5.92 Å². The van der Waals surface area contributed by atoms with Crippen LogP contribution in [0.3, 0.4) is 0 Å². The predicted octanol–water partition coefficient (Wildman–Crippen LogP) is 2.02. The number of hydrogen-bond acceptors (Lipinski definition) is 4. The smallest absolute Gasteiger partial charge is 0.323 e. The third-order valence-corrected chi connectivity index (χ3v) is 3.90. The minimum absolute atomic E-state index is 0.162. The Morgan fingerprint density at radius 2 is 2.29 bits per heavy atom. The van der Waals surface area contributed by atoms with Crippen molar-refractivity contribution in [2.75, 3.05) is 13.7 Å². The molecule has 0 radical (unpaired) electrons. The molecule has 1 unspecified atom stereocenters. The van der Waals surface area contributed by atoms with Crippen LogP contribution in [-0.2, 0) is 0 Å². The van der Waals surface area contributed by atoms with Gasteiger partial charge < -0.3 is 9.64 Å². The molecule has 1 saturated carbocycles. The summed E-state index contributed by atoms with van der Waals surface area (Å²) in [5.74, 6) is 1.20. The molecule has 2 fully saturated rings. The Morgan fingerprint density at radius 3 is 2.90 bits per heavy atom. The number of benzene rings is 1. The van der Waals surface area contributed by atoms with E-state index in [0.717, 1.165) is 18.4 Å². The molecule has 0 spiro atoms. The molecule has 0 bridgehead atoms. The summed E-state index contributed by atoms with van der Waals surface area (Å²) in [5.41, 5.74) is 1.17. The summed E-state index contributed by atoms with van der Waals surface area (Å²) in [6.45, 7) is 0.660. The fourth-order valence-corrected chi connectivity index (χ4v) is 2.63. The van der Waals surface area contributed by atoms with Crippen LogP contribution < -0.4 is 10.1 Å². The highest BCUT2D eigenvalue weighted by Gasteiger charge is 2.39. The molecular formula is C15H16N4O2. The number of nitriles is 1. The van der Waals surface area contributed by atoms with Gasteiger partial charge in [0, 0.05) is 6.54 Å². The van der Waals surface area contributed by atoms with E-state index in [-0.39, 0.29) is 11.9 Å². The number of ether oxygens (including phenoxy) is 1. The van der Waals surface area contributed by atoms with E-state index in [1.165, 1.54) is 7.11 Å². The number of rotatable bonds is 4. The number of hydrogen-bond donors (Lipinski definition) is 2. The standard InChI is InChI=1S/C15H16N4O2/c1-21-12-5-4-10(6-11(12)7-16)13-14(17)18-15(20)19(13)8-9-2-3-9/h4-6,9,13H,2-3,8H2,1H3,(H2,17,18,20). The molecule has 2 aliphatic rings. The van der Waals surface area contributed by atoms with Crippen LogP contribution in [-0.4, -0.2) is 30.4 Å². The highest BCUT2D eigenvalue weighted by atomic mass is 16.5. The van der Waals surface area contributed by atoms with Crippen LogP contribution in [0.25, 0.3) is 0 Å². The number of amides is 2. The van der Waals surface area contributed by atoms with Gasteiger partial charge >= 0.3 is 6.03 Å². The number of methoxy groups -OCH3 is 1. The zero-order valence-corrected chi connectivity index (χ0v) is 11.7. The Morgan fingerprint density at radius 1 is 1.52 bits per heavy atom. The molecule has 1 aliphatic heterocycles. The summed E-state index contributed by atoms with van der Waals surface area (Å²) in [6, 6.07) is 6.63. The Bertz CT molecular complexity index is 646. The molecular weight excluding hydrogens is 268 g/mol. The van der Waals surface area contributed by atoms with Crippen molar-refractivity contribution < 1.29 is 9.53 Å². The second kappa shape index (κ2) is 5.09. The predicted molar refractivity (Wildman–Crippen MR) is 76.1 cm³/mol. The second-order valence-corrected chi connectivity index (χ2v) is 5.41. The lowest BCUT2D eigenvalue weighted by Gasteiger charge is -2.23. The van der Waals surface area contributed by atoms with E-state index in [9.17, 15) is 10.1 Å². The van der Waals surface area contributed by atoms with Crippen molar-refractivity contribution in [1.29, 1.82) is 10.7 Å². The largest absolute Gasteiger partial charge is 0.495 e. The third-order valence-electron chi connectivity index (χ3n) is 3.90. The Balaban J connectivity index is 1.94. The summed E-state index contributed by atoms with van der Waals surface area (Å²) in [6.07, 6.45) is 2.27. The average molecular weight is 284 g/mol. The van der Waals surface area contributed by atoms with Crippen LogP contribution in [0.5, 0.6) is 5.75 Å². The summed E-state index contributed by atoms with van der Waals surface area (Å²) in [4.78, 5) is 13.7. The van der Waals surface area contributed by atoms with Gasteiger partial charge in [0.1, 0.15) is 23.7 Å². The SMILES string of the molecule is COc1ccc(C2C(=N)NC(=O)N2CC2CC2)cc1C#N. The molecule has 2 N–H and O–H groups in total. The molecule has 1 aliphatic carbocycles. The minimum atomic E-state index is -0.434. The van der Waals surface area contributed by atoms with E-state index in [1.54, 1.807) is 23.1 Å². The van der Waals surface area contributed by atoms with E-state index in [0.29, 0.717) is 23.8 Å². The van der Waals surface area contributed by atoms with Gasteiger partial charge in [-0.15, -0.1) is 0 Å². The van der Waals surface area contributed by atoms with Crippen LogP contribution in [0.15, 0.2) is 18.2 Å². The number of carbonyl (C=O) groups is 1. The summed E-state index contributed by atoms with van der Waals surface area (Å²) in [7, 11) is 1.51. The molecule has 6 nitrogen and oxygen atoms in total. The number of amidine groups is 1.